The van der Waals surface area contributed by atoms with E-state index in [0.29, 0.717) is 16.6 Å². The van der Waals surface area contributed by atoms with Crippen LogP contribution in [0, 0.1) is 0 Å². The number of rotatable bonds is 8. The molecular formula is C20H21F3N4O4S. The van der Waals surface area contributed by atoms with Crippen molar-refractivity contribution >= 4 is 33.0 Å². The van der Waals surface area contributed by atoms with Crippen molar-refractivity contribution in [1.29, 1.82) is 0 Å². The van der Waals surface area contributed by atoms with E-state index in [1.165, 1.54) is 19.2 Å². The standard InChI is InChI=1S/C20H21F3N4O4S/c1-31-17(28)10-16(12-5-3-7-14(9-12)20(21,22)23)26-19-25-15-8-4-6-13(18(15)27-19)11-24-32(2,29)30/h3-9,16,24H,10-11H2,1-2H3,(H2,25,26,27). The number of hydrogen-bond donors (Lipinski definition) is 3. The van der Waals surface area contributed by atoms with Crippen molar-refractivity contribution in [2.75, 3.05) is 18.7 Å². The lowest BCUT2D eigenvalue weighted by molar-refractivity contribution is -0.140. The van der Waals surface area contributed by atoms with Gasteiger partial charge in [0.2, 0.25) is 16.0 Å². The molecule has 0 radical (unpaired) electrons. The number of carbonyl (C=O) groups is 1. The summed E-state index contributed by atoms with van der Waals surface area (Å²) in [5, 5.41) is 2.95. The Morgan fingerprint density at radius 1 is 1.22 bits per heavy atom. The van der Waals surface area contributed by atoms with E-state index in [1.807, 2.05) is 0 Å². The molecule has 12 heteroatoms. The number of nitrogens with zero attached hydrogens (tertiary/aromatic N) is 1. The van der Waals surface area contributed by atoms with E-state index in [9.17, 15) is 26.4 Å². The highest BCUT2D eigenvalue weighted by Crippen LogP contribution is 2.32. The minimum atomic E-state index is -4.54. The van der Waals surface area contributed by atoms with Crippen LogP contribution in [0.3, 0.4) is 0 Å². The molecule has 3 aromatic rings. The van der Waals surface area contributed by atoms with Gasteiger partial charge in [-0.1, -0.05) is 24.3 Å². The van der Waals surface area contributed by atoms with Crippen molar-refractivity contribution in [2.24, 2.45) is 0 Å². The Morgan fingerprint density at radius 3 is 2.59 bits per heavy atom. The summed E-state index contributed by atoms with van der Waals surface area (Å²) in [5.41, 5.74) is 1.05. The van der Waals surface area contributed by atoms with Crippen LogP contribution in [0.2, 0.25) is 0 Å². The third-order valence-electron chi connectivity index (χ3n) is 4.65. The molecule has 1 aromatic heterocycles. The number of ether oxygens (including phenoxy) is 1. The summed E-state index contributed by atoms with van der Waals surface area (Å²) in [4.78, 5) is 19.3. The van der Waals surface area contributed by atoms with E-state index in [0.717, 1.165) is 18.4 Å². The fourth-order valence-electron chi connectivity index (χ4n) is 3.11. The lowest BCUT2D eigenvalue weighted by atomic mass is 10.0. The van der Waals surface area contributed by atoms with Gasteiger partial charge >= 0.3 is 12.1 Å². The quantitative estimate of drug-likeness (QED) is 0.435. The molecular weight excluding hydrogens is 449 g/mol. The molecule has 172 valence electrons. The molecule has 1 atom stereocenters. The first kappa shape index (κ1) is 23.5. The topological polar surface area (TPSA) is 113 Å². The minimum absolute atomic E-state index is 0.0136. The smallest absolute Gasteiger partial charge is 0.416 e. The van der Waals surface area contributed by atoms with Crippen LogP contribution in [0.5, 0.6) is 0 Å². The fourth-order valence-corrected chi connectivity index (χ4v) is 3.53. The largest absolute Gasteiger partial charge is 0.469 e. The van der Waals surface area contributed by atoms with Gasteiger partial charge in [0, 0.05) is 6.54 Å². The molecule has 0 aliphatic heterocycles. The van der Waals surface area contributed by atoms with E-state index in [-0.39, 0.29) is 24.5 Å². The Bertz CT molecular complexity index is 1230. The first-order valence-corrected chi connectivity index (χ1v) is 11.3. The zero-order chi connectivity index (χ0) is 23.5. The van der Waals surface area contributed by atoms with E-state index in [2.05, 4.69) is 24.7 Å². The van der Waals surface area contributed by atoms with E-state index in [4.69, 9.17) is 0 Å². The number of anilines is 1. The molecule has 1 heterocycles. The van der Waals surface area contributed by atoms with Crippen LogP contribution in [0.4, 0.5) is 19.1 Å². The maximum atomic E-state index is 13.1. The maximum absolute atomic E-state index is 13.1. The zero-order valence-electron chi connectivity index (χ0n) is 17.2. The van der Waals surface area contributed by atoms with Gasteiger partial charge in [0.15, 0.2) is 0 Å². The summed E-state index contributed by atoms with van der Waals surface area (Å²) in [5.74, 6) is -0.410. The molecule has 3 rings (SSSR count). The molecule has 0 spiro atoms. The van der Waals surface area contributed by atoms with Gasteiger partial charge in [-0.05, 0) is 29.3 Å². The van der Waals surface area contributed by atoms with Gasteiger partial charge in [-0.3, -0.25) is 4.79 Å². The number of halogens is 3. The molecule has 1 unspecified atom stereocenters. The molecule has 32 heavy (non-hydrogen) atoms. The van der Waals surface area contributed by atoms with E-state index < -0.39 is 33.8 Å². The predicted octanol–water partition coefficient (Wildman–Crippen LogP) is 3.35. The number of alkyl halides is 3. The Morgan fingerprint density at radius 2 is 1.94 bits per heavy atom. The van der Waals surface area contributed by atoms with Crippen molar-refractivity contribution < 1.29 is 31.1 Å². The Hall–Kier alpha value is -3.12. The lowest BCUT2D eigenvalue weighted by Gasteiger charge is -2.19. The average molecular weight is 470 g/mol. The number of para-hydroxylation sites is 1. The number of sulfonamides is 1. The Labute approximate surface area is 182 Å². The third kappa shape index (κ3) is 5.98. The highest BCUT2D eigenvalue weighted by Gasteiger charge is 2.31. The zero-order valence-corrected chi connectivity index (χ0v) is 18.0. The number of aromatic nitrogens is 2. The van der Waals surface area contributed by atoms with Crippen LogP contribution in [-0.4, -0.2) is 37.7 Å². The van der Waals surface area contributed by atoms with Gasteiger partial charge in [0.25, 0.3) is 0 Å². The second kappa shape index (κ2) is 9.17. The number of nitrogens with one attached hydrogen (secondary N) is 3. The molecule has 0 saturated carbocycles. The van der Waals surface area contributed by atoms with Crippen LogP contribution < -0.4 is 10.0 Å². The number of hydrogen-bond acceptors (Lipinski definition) is 6. The van der Waals surface area contributed by atoms with E-state index in [1.54, 1.807) is 18.2 Å². The summed E-state index contributed by atoms with van der Waals surface area (Å²) in [6, 6.07) is 8.91. The van der Waals surface area contributed by atoms with Crippen molar-refractivity contribution in [3.05, 3.63) is 59.2 Å². The van der Waals surface area contributed by atoms with Crippen LogP contribution in [0.1, 0.15) is 29.2 Å². The lowest BCUT2D eigenvalue weighted by Crippen LogP contribution is -2.21. The Kier molecular flexibility index (Phi) is 6.74. The van der Waals surface area contributed by atoms with E-state index >= 15 is 0 Å². The minimum Gasteiger partial charge on any atom is -0.469 e. The third-order valence-corrected chi connectivity index (χ3v) is 5.32. The van der Waals surface area contributed by atoms with Gasteiger partial charge in [-0.25, -0.2) is 18.1 Å². The Balaban J connectivity index is 1.94. The molecule has 8 nitrogen and oxygen atoms in total. The summed E-state index contributed by atoms with van der Waals surface area (Å²) in [7, 11) is -2.23. The average Bonchev–Trinajstić information content (AvgIpc) is 3.13. The number of fused-ring (bicyclic) bond motifs is 1. The highest BCUT2D eigenvalue weighted by atomic mass is 32.2. The second-order valence-electron chi connectivity index (χ2n) is 7.09. The van der Waals surface area contributed by atoms with Crippen molar-refractivity contribution in [3.8, 4) is 0 Å². The molecule has 0 amide bonds. The number of carbonyl (C=O) groups excluding carboxylic acids is 1. The number of esters is 1. The second-order valence-corrected chi connectivity index (χ2v) is 8.93. The normalized spacial score (nSPS) is 13.2. The summed E-state index contributed by atoms with van der Waals surface area (Å²) in [6.07, 6.45) is -3.73. The molecule has 0 aliphatic carbocycles. The summed E-state index contributed by atoms with van der Waals surface area (Å²) < 4.78 is 69.3. The molecule has 0 bridgehead atoms. The highest BCUT2D eigenvalue weighted by molar-refractivity contribution is 7.88. The van der Waals surface area contributed by atoms with Gasteiger partial charge in [0.05, 0.1) is 42.4 Å². The SMILES string of the molecule is COC(=O)CC(Nc1nc2c(CNS(C)(=O)=O)cccc2[nH]1)c1cccc(C(F)(F)F)c1. The van der Waals surface area contributed by atoms with Crippen LogP contribution >= 0.6 is 0 Å². The van der Waals surface area contributed by atoms with Crippen LogP contribution in [0.15, 0.2) is 42.5 Å². The fraction of sp³-hybridized carbons (Fsp3) is 0.300. The molecule has 0 aliphatic rings. The van der Waals surface area contributed by atoms with Crippen molar-refractivity contribution in [2.45, 2.75) is 25.2 Å². The number of H-pyrrole nitrogens is 1. The van der Waals surface area contributed by atoms with Crippen molar-refractivity contribution in [3.63, 3.8) is 0 Å². The summed E-state index contributed by atoms with van der Waals surface area (Å²) >= 11 is 0. The number of methoxy groups -OCH3 is 1. The number of imidazole rings is 1. The van der Waals surface area contributed by atoms with Crippen LogP contribution in [-0.2, 0) is 32.3 Å². The van der Waals surface area contributed by atoms with Gasteiger partial charge in [-0.15, -0.1) is 0 Å². The monoisotopic (exact) mass is 470 g/mol. The predicted molar refractivity (Wildman–Crippen MR) is 112 cm³/mol. The molecule has 0 fully saturated rings. The summed E-state index contributed by atoms with van der Waals surface area (Å²) in [6.45, 7) is 0.0136. The first-order valence-electron chi connectivity index (χ1n) is 9.39. The molecule has 2 aromatic carbocycles. The first-order chi connectivity index (χ1) is 15.0. The van der Waals surface area contributed by atoms with Crippen molar-refractivity contribution in [1.82, 2.24) is 14.7 Å². The van der Waals surface area contributed by atoms with Gasteiger partial charge in [0.1, 0.15) is 0 Å². The van der Waals surface area contributed by atoms with Gasteiger partial charge in [-0.2, -0.15) is 13.2 Å². The number of benzene rings is 2. The molecule has 3 N–H and O–H groups in total. The molecule has 0 saturated heterocycles. The number of aromatic amines is 1. The van der Waals surface area contributed by atoms with Gasteiger partial charge < -0.3 is 15.0 Å². The maximum Gasteiger partial charge on any atom is 0.416 e. The van der Waals surface area contributed by atoms with Crippen LogP contribution in [0.25, 0.3) is 11.0 Å².